The van der Waals surface area contributed by atoms with Crippen LogP contribution >= 0.6 is 11.6 Å². The quantitative estimate of drug-likeness (QED) is 0.282. The first-order chi connectivity index (χ1) is 16.0. The SMILES string of the molecule is CC(=Nc1c(C(C)C)cccc1C(C)C)c1cccnc1.C[C]([Fe+])=Nc1c(C)cc(C)cc1Cl.[Cl-]. The third-order valence-electron chi connectivity index (χ3n) is 5.36. The van der Waals surface area contributed by atoms with E-state index in [2.05, 4.69) is 90.9 Å². The van der Waals surface area contributed by atoms with Gasteiger partial charge in [-0.3, -0.25) is 9.98 Å². The second-order valence-electron chi connectivity index (χ2n) is 9.04. The average molecular weight is 552 g/mol. The van der Waals surface area contributed by atoms with Crippen molar-refractivity contribution in [2.75, 3.05) is 0 Å². The van der Waals surface area contributed by atoms with E-state index in [1.807, 2.05) is 39.1 Å². The Hall–Kier alpha value is -1.97. The molecule has 0 radical (unpaired) electrons. The van der Waals surface area contributed by atoms with Gasteiger partial charge in [0, 0.05) is 23.7 Å². The standard InChI is InChI=1S/C19H24N2.C10H11ClN.ClH.Fe/c1-13(2)17-9-6-10-18(14(3)4)19(17)21-15(5)16-8-7-11-20-12-16;1-4-12-10-8(3)5-7(2)6-9(10)11;;/h6-14H,1-5H3;5-6H,1-3H3;1H;/q;;;+1/p-1. The van der Waals surface area contributed by atoms with Gasteiger partial charge < -0.3 is 12.4 Å². The van der Waals surface area contributed by atoms with Crippen LogP contribution < -0.4 is 12.4 Å². The topological polar surface area (TPSA) is 37.6 Å². The van der Waals surface area contributed by atoms with Gasteiger partial charge in [0.1, 0.15) is 0 Å². The Bertz CT molecular complexity index is 1120. The number of benzene rings is 2. The number of hydrogen-bond donors (Lipinski definition) is 0. The van der Waals surface area contributed by atoms with E-state index in [-0.39, 0.29) is 12.4 Å². The van der Waals surface area contributed by atoms with Crippen molar-refractivity contribution in [1.29, 1.82) is 0 Å². The van der Waals surface area contributed by atoms with E-state index in [0.29, 0.717) is 16.9 Å². The molecule has 188 valence electrons. The molecule has 1 heterocycles. The number of hydrogen-bond acceptors (Lipinski definition) is 3. The molecule has 3 rings (SSSR count). The van der Waals surface area contributed by atoms with Gasteiger partial charge in [0.2, 0.25) is 0 Å². The third-order valence-corrected chi connectivity index (χ3v) is 5.77. The number of aromatic nitrogens is 1. The third kappa shape index (κ3) is 9.20. The smallest absolute Gasteiger partial charge is 1.00 e. The van der Waals surface area contributed by atoms with Crippen molar-refractivity contribution in [3.63, 3.8) is 0 Å². The minimum atomic E-state index is 0. The molecule has 0 N–H and O–H groups in total. The van der Waals surface area contributed by atoms with Gasteiger partial charge in [-0.1, -0.05) is 52.0 Å². The monoisotopic (exact) mass is 551 g/mol. The van der Waals surface area contributed by atoms with E-state index in [0.717, 1.165) is 38.4 Å². The minimum Gasteiger partial charge on any atom is -1.00 e. The summed E-state index contributed by atoms with van der Waals surface area (Å²) in [6.07, 6.45) is 3.66. The van der Waals surface area contributed by atoms with Gasteiger partial charge >= 0.3 is 92.0 Å². The van der Waals surface area contributed by atoms with E-state index in [4.69, 9.17) is 16.6 Å². The van der Waals surface area contributed by atoms with Crippen molar-refractivity contribution in [1.82, 2.24) is 4.98 Å². The van der Waals surface area contributed by atoms with Crippen LogP contribution in [0.2, 0.25) is 5.02 Å². The Balaban J connectivity index is 0.000000378. The zero-order valence-corrected chi connectivity index (χ0v) is 24.4. The van der Waals surface area contributed by atoms with Gasteiger partial charge in [-0.15, -0.1) is 0 Å². The van der Waals surface area contributed by atoms with E-state index in [9.17, 15) is 0 Å². The van der Waals surface area contributed by atoms with Crippen LogP contribution in [-0.2, 0) is 16.0 Å². The largest absolute Gasteiger partial charge is 1.00 e. The normalized spacial score (nSPS) is 11.8. The summed E-state index contributed by atoms with van der Waals surface area (Å²) in [4.78, 5) is 13.4. The molecule has 0 aliphatic rings. The summed E-state index contributed by atoms with van der Waals surface area (Å²) in [5, 5.41) is 0.695. The van der Waals surface area contributed by atoms with Crippen LogP contribution in [0.5, 0.6) is 0 Å². The molecule has 0 amide bonds. The summed E-state index contributed by atoms with van der Waals surface area (Å²) in [5.74, 6) is 0.924. The maximum atomic E-state index is 6.04. The van der Waals surface area contributed by atoms with Gasteiger partial charge in [-0.25, -0.2) is 0 Å². The van der Waals surface area contributed by atoms with Crippen LogP contribution in [0.15, 0.2) is 64.8 Å². The number of pyridine rings is 1. The Kier molecular flexibility index (Phi) is 12.9. The Morgan fingerprint density at radius 1 is 0.886 bits per heavy atom. The van der Waals surface area contributed by atoms with Crippen LogP contribution in [0.25, 0.3) is 0 Å². The summed E-state index contributed by atoms with van der Waals surface area (Å²) < 4.78 is 0.772. The van der Waals surface area contributed by atoms with Crippen molar-refractivity contribution in [2.45, 2.75) is 67.2 Å². The molecule has 3 aromatic rings. The van der Waals surface area contributed by atoms with Gasteiger partial charge in [-0.2, -0.15) is 0 Å². The fourth-order valence-electron chi connectivity index (χ4n) is 3.65. The van der Waals surface area contributed by atoms with Crippen LogP contribution in [0.4, 0.5) is 11.4 Å². The second kappa shape index (κ2) is 14.6. The summed E-state index contributed by atoms with van der Waals surface area (Å²) in [5.41, 5.74) is 8.91. The number of halogens is 2. The van der Waals surface area contributed by atoms with Crippen molar-refractivity contribution in [3.8, 4) is 0 Å². The Labute approximate surface area is 230 Å². The predicted octanol–water partition coefficient (Wildman–Crippen LogP) is 6.03. The summed E-state index contributed by atoms with van der Waals surface area (Å²) >= 11 is 9.77. The number of aryl methyl sites for hydroxylation is 2. The molecule has 35 heavy (non-hydrogen) atoms. The predicted molar refractivity (Wildman–Crippen MR) is 144 cm³/mol. The molecule has 2 aromatic carbocycles. The van der Waals surface area contributed by atoms with E-state index in [1.54, 1.807) is 6.20 Å². The zero-order chi connectivity index (χ0) is 25.4. The first kappa shape index (κ1) is 31.1. The number of para-hydroxylation sites is 1. The number of nitrogens with zero attached hydrogens (tertiary/aromatic N) is 3. The van der Waals surface area contributed by atoms with Gasteiger partial charge in [0.15, 0.2) is 0 Å². The molecule has 0 atom stereocenters. The molecule has 0 saturated heterocycles. The summed E-state index contributed by atoms with van der Waals surface area (Å²) in [7, 11) is 0. The molecule has 0 bridgehead atoms. The van der Waals surface area contributed by atoms with Crippen molar-refractivity contribution >= 4 is 33.3 Å². The minimum absolute atomic E-state index is 0. The summed E-state index contributed by atoms with van der Waals surface area (Å²) in [6.45, 7) is 16.8. The van der Waals surface area contributed by atoms with E-state index >= 15 is 0 Å². The molecule has 0 unspecified atom stereocenters. The zero-order valence-electron chi connectivity index (χ0n) is 21.8. The van der Waals surface area contributed by atoms with Crippen molar-refractivity contribution in [3.05, 3.63) is 87.7 Å². The molecule has 0 aliphatic carbocycles. The van der Waals surface area contributed by atoms with Crippen LogP contribution in [0, 0.1) is 13.8 Å². The van der Waals surface area contributed by atoms with Gasteiger partial charge in [0.05, 0.1) is 5.69 Å². The van der Waals surface area contributed by atoms with Gasteiger partial charge in [-0.05, 0) is 36.0 Å². The number of aliphatic imine (C=N–C) groups is 2. The average Bonchev–Trinajstić information content (AvgIpc) is 2.77. The molecule has 0 aliphatic heterocycles. The van der Waals surface area contributed by atoms with Gasteiger partial charge in [0.25, 0.3) is 0 Å². The summed E-state index contributed by atoms with van der Waals surface area (Å²) in [6, 6.07) is 14.5. The molecular formula is C29H35Cl2FeN3. The Morgan fingerprint density at radius 3 is 1.94 bits per heavy atom. The Morgan fingerprint density at radius 2 is 1.49 bits per heavy atom. The molecular weight excluding hydrogens is 517 g/mol. The van der Waals surface area contributed by atoms with E-state index in [1.165, 1.54) is 11.1 Å². The molecule has 0 saturated carbocycles. The molecule has 6 heteroatoms. The second-order valence-corrected chi connectivity index (χ2v) is 10.2. The van der Waals surface area contributed by atoms with Crippen LogP contribution in [0.3, 0.4) is 0 Å². The maximum Gasteiger partial charge on any atom is -1.00 e. The maximum absolute atomic E-state index is 6.04. The number of rotatable bonds is 5. The first-order valence-electron chi connectivity index (χ1n) is 11.6. The van der Waals surface area contributed by atoms with Crippen molar-refractivity contribution in [2.24, 2.45) is 9.98 Å². The fraction of sp³-hybridized carbons (Fsp3) is 0.345. The van der Waals surface area contributed by atoms with Crippen LogP contribution in [0.1, 0.15) is 81.2 Å². The fourth-order valence-corrected chi connectivity index (χ4v) is 4.14. The first-order valence-corrected chi connectivity index (χ1v) is 12.5. The molecule has 0 spiro atoms. The van der Waals surface area contributed by atoms with Crippen LogP contribution in [-0.4, -0.2) is 15.3 Å². The molecule has 0 fully saturated rings. The van der Waals surface area contributed by atoms with E-state index < -0.39 is 0 Å². The molecule has 3 nitrogen and oxygen atoms in total. The molecule has 1 aromatic heterocycles. The van der Waals surface area contributed by atoms with Crippen molar-refractivity contribution < 1.29 is 28.4 Å².